The number of hydrogen-bond acceptors (Lipinski definition) is 18. The van der Waals surface area contributed by atoms with Crippen molar-refractivity contribution in [2.45, 2.75) is 162 Å². The van der Waals surface area contributed by atoms with Crippen molar-refractivity contribution in [2.24, 2.45) is 0 Å². The maximum atomic E-state index is 12.1. The smallest absolute Gasteiger partial charge is 0.0720 e. The number of carboxylic acid groups (broad SMARTS) is 9. The summed E-state index contributed by atoms with van der Waals surface area (Å²) in [5.74, 6) is -11.8. The summed E-state index contributed by atoms with van der Waals surface area (Å²) in [6.45, 7) is 39.9. The first-order valence-corrected chi connectivity index (χ1v) is 31.9. The SMILES string of the molecule is Cc1c(C(=O)[O-])c(C)c2c3c1C(C)C(C)c1c(C)c(C(=O)[O-])c(C)c(c1-3)C(C)C2C.Cc1c(C)c(-c2c(C)c(C)c(-c3c(C)c(C)c(C(=O)[O-])c(C)c3C)c(C)c2C)c(C)c(C)c1C(=O)[O-].O=C([O-])c1cc(C(=O)[O-])cc(C(=O)[O-])c1.O=C([O-])c1ccc(-c2ccc(C(=O)[O-])cc2)cc1. The third-order valence-corrected chi connectivity index (χ3v) is 21.2. The molecule has 18 nitrogen and oxygen atoms in total. The van der Waals surface area contributed by atoms with Crippen LogP contribution in [0.3, 0.4) is 0 Å². The van der Waals surface area contributed by atoms with Crippen LogP contribution in [0.2, 0.25) is 0 Å². The van der Waals surface area contributed by atoms with Crippen LogP contribution in [0.1, 0.15) is 256 Å². The summed E-state index contributed by atoms with van der Waals surface area (Å²) < 4.78 is 0. The molecule has 0 saturated carbocycles. The van der Waals surface area contributed by atoms with Crippen molar-refractivity contribution in [3.05, 3.63) is 228 Å². The zero-order chi connectivity index (χ0) is 74.6. The maximum Gasteiger partial charge on any atom is 0.0720 e. The number of carbonyl (C=O) groups excluding carboxylic acids is 9. The summed E-state index contributed by atoms with van der Waals surface area (Å²) in [6, 6.07) is 14.6. The van der Waals surface area contributed by atoms with Gasteiger partial charge in [0.1, 0.15) is 0 Å². The minimum Gasteiger partial charge on any atom is -0.545 e. The molecule has 0 amide bonds. The van der Waals surface area contributed by atoms with Gasteiger partial charge in [-0.25, -0.2) is 0 Å². The van der Waals surface area contributed by atoms with E-state index in [0.717, 1.165) is 174 Å². The van der Waals surface area contributed by atoms with E-state index < -0.39 is 70.4 Å². The van der Waals surface area contributed by atoms with Gasteiger partial charge in [-0.2, -0.15) is 0 Å². The molecule has 18 heteroatoms. The van der Waals surface area contributed by atoms with Gasteiger partial charge in [-0.1, -0.05) is 76.2 Å². The van der Waals surface area contributed by atoms with E-state index in [1.807, 2.05) is 83.1 Å². The molecule has 0 fully saturated rings. The van der Waals surface area contributed by atoms with Crippen LogP contribution >= 0.6 is 0 Å². The van der Waals surface area contributed by atoms with Gasteiger partial charge in [0.05, 0.1) is 53.7 Å². The van der Waals surface area contributed by atoms with Crippen LogP contribution in [0.4, 0.5) is 0 Å². The molecule has 0 aliphatic heterocycles. The molecule has 99 heavy (non-hydrogen) atoms. The molecule has 516 valence electrons. The van der Waals surface area contributed by atoms with Gasteiger partial charge in [0.15, 0.2) is 0 Å². The van der Waals surface area contributed by atoms with Gasteiger partial charge < -0.3 is 89.1 Å². The number of hydrogen-bond donors (Lipinski definition) is 0. The van der Waals surface area contributed by atoms with E-state index >= 15 is 0 Å². The molecule has 0 aromatic heterocycles. The molecule has 0 spiro atoms. The molecule has 4 atom stereocenters. The maximum absolute atomic E-state index is 12.1. The first kappa shape index (κ1) is 75.4. The van der Waals surface area contributed by atoms with Crippen LogP contribution in [0, 0.1) is 111 Å². The highest BCUT2D eigenvalue weighted by Gasteiger charge is 2.43. The van der Waals surface area contributed by atoms with E-state index in [2.05, 4.69) is 55.4 Å². The number of carboxylic acids is 9. The molecule has 0 saturated heterocycles. The van der Waals surface area contributed by atoms with Gasteiger partial charge in [0, 0.05) is 22.3 Å². The highest BCUT2D eigenvalue weighted by Crippen LogP contribution is 2.61. The van der Waals surface area contributed by atoms with E-state index in [1.54, 1.807) is 24.3 Å². The van der Waals surface area contributed by atoms with Gasteiger partial charge >= 0.3 is 0 Å². The van der Waals surface area contributed by atoms with Gasteiger partial charge in [0.25, 0.3) is 0 Å². The topological polar surface area (TPSA) is 361 Å². The molecule has 8 aromatic carbocycles. The Labute approximate surface area is 574 Å². The molecule has 10 rings (SSSR count). The fourth-order valence-electron chi connectivity index (χ4n) is 15.2. The largest absolute Gasteiger partial charge is 0.545 e. The molecule has 2 aliphatic carbocycles. The van der Waals surface area contributed by atoms with Gasteiger partial charge in [0.2, 0.25) is 0 Å². The zero-order valence-electron chi connectivity index (χ0n) is 59.0. The third kappa shape index (κ3) is 13.3. The lowest BCUT2D eigenvalue weighted by atomic mass is 9.59. The highest BCUT2D eigenvalue weighted by molar-refractivity contribution is 6.01. The molecular formula is C81H75O18-9. The van der Waals surface area contributed by atoms with Crippen molar-refractivity contribution >= 4 is 53.7 Å². The fourth-order valence-corrected chi connectivity index (χ4v) is 15.2. The second-order valence-corrected chi connectivity index (χ2v) is 26.1. The molecule has 2 aliphatic rings. The predicted molar refractivity (Wildman–Crippen MR) is 356 cm³/mol. The van der Waals surface area contributed by atoms with Crippen LogP contribution in [0.15, 0.2) is 66.7 Å². The van der Waals surface area contributed by atoms with Gasteiger partial charge in [-0.05, 0) is 336 Å². The van der Waals surface area contributed by atoms with Crippen LogP contribution in [0.25, 0.3) is 44.5 Å². The molecular weight excluding hydrogens is 1260 g/mol. The van der Waals surface area contributed by atoms with Crippen LogP contribution in [-0.4, -0.2) is 53.7 Å². The first-order chi connectivity index (χ1) is 46.0. The number of rotatable bonds is 12. The lowest BCUT2D eigenvalue weighted by Crippen LogP contribution is -2.32. The first-order valence-electron chi connectivity index (χ1n) is 31.9. The third-order valence-electron chi connectivity index (χ3n) is 21.2. The Balaban J connectivity index is 0.000000196. The summed E-state index contributed by atoms with van der Waals surface area (Å²) in [4.78, 5) is 100. The van der Waals surface area contributed by atoms with Crippen molar-refractivity contribution in [1.82, 2.24) is 0 Å². The molecule has 0 bridgehead atoms. The Kier molecular flexibility index (Phi) is 21.8. The highest BCUT2D eigenvalue weighted by atomic mass is 16.4. The second kappa shape index (κ2) is 28.6. The zero-order valence-corrected chi connectivity index (χ0v) is 59.0. The molecule has 0 radical (unpaired) electrons. The summed E-state index contributed by atoms with van der Waals surface area (Å²) in [5.41, 5.74) is 26.7. The van der Waals surface area contributed by atoms with Crippen LogP contribution in [0.5, 0.6) is 0 Å². The lowest BCUT2D eigenvalue weighted by molar-refractivity contribution is -0.257. The monoisotopic (exact) mass is 1340 g/mol. The van der Waals surface area contributed by atoms with Crippen LogP contribution in [-0.2, 0) is 0 Å². The summed E-state index contributed by atoms with van der Waals surface area (Å²) >= 11 is 0. The van der Waals surface area contributed by atoms with Crippen LogP contribution < -0.4 is 46.0 Å². The van der Waals surface area contributed by atoms with E-state index in [1.165, 1.54) is 24.3 Å². The Hall–Kier alpha value is -11.0. The standard InChI is InChI=1S/C32H38O4.C26H30O4.C14H10O4.C9H6O6/c1-13-14(2)26(28-19(7)23(11)30(32(35)36)24(12)20(28)8)16(4)15(3)25(13)27-17(5)21(9)29(31(33)34)22(10)18(27)6;1-9-10(2)18-14(6)22(26(29)30)16(8)20-12(4)11(3)19-15(7)21(25(27)28)13(5)17(9)23(19)24(18)20;15-13(16)11-5-1-9(2-6-11)10-3-7-12(8-4-10)14(17)18;10-7(11)4-1-5(8(12)13)3-6(2-4)9(14)15/h1-12H3,(H,33,34)(H,35,36);9-12H,1-8H3,(H,27,28)(H,29,30);1-8H,(H,15,16)(H,17,18);1-3H,(H,10,11)(H,12,13)(H,14,15)/p-9. The fraction of sp³-hybridized carbons (Fsp3) is 0.296. The van der Waals surface area contributed by atoms with Gasteiger partial charge in [-0.3, -0.25) is 0 Å². The second-order valence-electron chi connectivity index (χ2n) is 26.1. The van der Waals surface area contributed by atoms with E-state index in [4.69, 9.17) is 0 Å². The molecule has 4 unspecified atom stereocenters. The van der Waals surface area contributed by atoms with Gasteiger partial charge in [-0.15, -0.1) is 0 Å². The Bertz CT molecular complexity index is 4330. The van der Waals surface area contributed by atoms with Crippen molar-refractivity contribution in [2.75, 3.05) is 0 Å². The number of benzene rings is 8. The summed E-state index contributed by atoms with van der Waals surface area (Å²) in [6.07, 6.45) is 0. The molecule has 0 heterocycles. The van der Waals surface area contributed by atoms with E-state index in [9.17, 15) is 89.1 Å². The summed E-state index contributed by atoms with van der Waals surface area (Å²) in [5, 5.41) is 100. The minimum absolute atomic E-state index is 0.0643. The van der Waals surface area contributed by atoms with E-state index in [0.29, 0.717) is 11.1 Å². The van der Waals surface area contributed by atoms with Crippen molar-refractivity contribution in [1.29, 1.82) is 0 Å². The molecule has 0 N–H and O–H groups in total. The van der Waals surface area contributed by atoms with Crippen molar-refractivity contribution in [3.63, 3.8) is 0 Å². The average Bonchev–Trinajstić information content (AvgIpc) is 0.690. The Morgan fingerprint density at radius 2 is 0.374 bits per heavy atom. The van der Waals surface area contributed by atoms with Crippen molar-refractivity contribution in [3.8, 4) is 44.5 Å². The normalized spacial score (nSPS) is 14.6. The predicted octanol–water partition coefficient (Wildman–Crippen LogP) is 6.06. The quantitative estimate of drug-likeness (QED) is 0.134. The Morgan fingerprint density at radius 3 is 0.535 bits per heavy atom. The lowest BCUT2D eigenvalue weighted by Gasteiger charge is -2.45. The van der Waals surface area contributed by atoms with E-state index in [-0.39, 0.29) is 45.9 Å². The van der Waals surface area contributed by atoms with Crippen molar-refractivity contribution < 1.29 is 89.1 Å². The average molecular weight is 1340 g/mol. The number of carbonyl (C=O) groups is 9. The molecule has 8 aromatic rings. The minimum atomic E-state index is -1.68. The Morgan fingerprint density at radius 1 is 0.212 bits per heavy atom. The summed E-state index contributed by atoms with van der Waals surface area (Å²) in [7, 11) is 0. The number of aromatic carboxylic acids is 9.